The molecule has 0 fully saturated rings. The van der Waals surface area contributed by atoms with Gasteiger partial charge in [0.05, 0.1) is 12.1 Å². The van der Waals surface area contributed by atoms with Gasteiger partial charge in [-0.3, -0.25) is 9.59 Å². The number of alkyl halides is 3. The van der Waals surface area contributed by atoms with Gasteiger partial charge in [0, 0.05) is 51.9 Å². The second-order valence-corrected chi connectivity index (χ2v) is 8.82. The Kier molecular flexibility index (Phi) is 6.62. The van der Waals surface area contributed by atoms with Crippen LogP contribution in [0.25, 0.3) is 32.9 Å². The number of H-pyrrole nitrogens is 2. The van der Waals surface area contributed by atoms with Crippen LogP contribution in [0.3, 0.4) is 0 Å². The fourth-order valence-electron chi connectivity index (χ4n) is 4.36. The minimum Gasteiger partial charge on any atom is -0.361 e. The fourth-order valence-corrected chi connectivity index (χ4v) is 4.36. The molecule has 2 aromatic heterocycles. The van der Waals surface area contributed by atoms with E-state index >= 15 is 0 Å². The normalized spacial score (nSPS) is 11.7. The van der Waals surface area contributed by atoms with E-state index in [9.17, 15) is 27.2 Å². The number of fused-ring (bicyclic) bond motifs is 2. The number of aromatic nitrogens is 2. The number of halogens is 4. The Balaban J connectivity index is 1.19. The molecule has 0 spiro atoms. The number of hydrogen-bond donors (Lipinski definition) is 4. The first kappa shape index (κ1) is 25.1. The first-order valence-electron chi connectivity index (χ1n) is 11.8. The van der Waals surface area contributed by atoms with Gasteiger partial charge in [0.15, 0.2) is 0 Å². The number of hydrogen-bond acceptors (Lipinski definition) is 2. The summed E-state index contributed by atoms with van der Waals surface area (Å²) in [6, 6.07) is 14.2. The maximum absolute atomic E-state index is 13.5. The highest BCUT2D eigenvalue weighted by Crippen LogP contribution is 2.33. The maximum Gasteiger partial charge on any atom is 0.416 e. The monoisotopic (exact) mass is 522 g/mol. The number of nitrogens with one attached hydrogen (secondary N) is 4. The van der Waals surface area contributed by atoms with Crippen LogP contribution in [-0.2, 0) is 17.4 Å². The van der Waals surface area contributed by atoms with Crippen LogP contribution < -0.4 is 10.6 Å². The third-order valence-corrected chi connectivity index (χ3v) is 6.32. The molecule has 6 nitrogen and oxygen atoms in total. The number of carbonyl (C=O) groups is 2. The average Bonchev–Trinajstić information content (AvgIpc) is 3.50. The first-order chi connectivity index (χ1) is 18.2. The van der Waals surface area contributed by atoms with Gasteiger partial charge in [0.25, 0.3) is 5.91 Å². The molecule has 194 valence electrons. The fraction of sp³-hybridized carbons (Fsp3) is 0.143. The van der Waals surface area contributed by atoms with Crippen molar-refractivity contribution in [2.45, 2.75) is 12.6 Å². The summed E-state index contributed by atoms with van der Waals surface area (Å²) in [6.45, 7) is 0.0717. The number of amides is 2. The Morgan fingerprint density at radius 3 is 2.29 bits per heavy atom. The standard InChI is InChI=1S/C28H22F4N4O2/c29-20-6-8-24-21(12-20)18(13-34-24)9-10-33-26(37)15-36-27(38)17-3-7-25-22(11-17)23(14-35-25)16-1-4-19(5-2-16)28(30,31)32/h1-8,11-14,34-35H,9-10,15H2,(H,33,37)(H,36,38). The van der Waals surface area contributed by atoms with Crippen LogP contribution >= 0.6 is 0 Å². The lowest BCUT2D eigenvalue weighted by Gasteiger charge is -2.08. The van der Waals surface area contributed by atoms with E-state index in [1.807, 2.05) is 0 Å². The van der Waals surface area contributed by atoms with Crippen LogP contribution in [0.2, 0.25) is 0 Å². The molecule has 4 N–H and O–H groups in total. The molecule has 0 radical (unpaired) electrons. The van der Waals surface area contributed by atoms with Crippen LogP contribution in [0.4, 0.5) is 17.6 Å². The summed E-state index contributed by atoms with van der Waals surface area (Å²) in [7, 11) is 0. The van der Waals surface area contributed by atoms with E-state index in [-0.39, 0.29) is 18.3 Å². The molecule has 3 aromatic carbocycles. The SMILES string of the molecule is O=C(CNC(=O)c1ccc2[nH]cc(-c3ccc(C(F)(F)F)cc3)c2c1)NCCc1c[nH]c2ccc(F)cc12. The van der Waals surface area contributed by atoms with Crippen LogP contribution in [0.1, 0.15) is 21.5 Å². The number of carbonyl (C=O) groups excluding carboxylic acids is 2. The Labute approximate surface area is 214 Å². The number of benzene rings is 3. The summed E-state index contributed by atoms with van der Waals surface area (Å²) < 4.78 is 52.2. The molecular formula is C28H22F4N4O2. The minimum atomic E-state index is -4.42. The zero-order chi connectivity index (χ0) is 26.9. The Morgan fingerprint density at radius 1 is 0.816 bits per heavy atom. The summed E-state index contributed by atoms with van der Waals surface area (Å²) in [6.07, 6.45) is -0.495. The predicted molar refractivity (Wildman–Crippen MR) is 136 cm³/mol. The molecular weight excluding hydrogens is 500 g/mol. The summed E-state index contributed by atoms with van der Waals surface area (Å²) in [5.74, 6) is -1.18. The minimum absolute atomic E-state index is 0.238. The first-order valence-corrected chi connectivity index (χ1v) is 11.8. The van der Waals surface area contributed by atoms with Gasteiger partial charge in [-0.15, -0.1) is 0 Å². The van der Waals surface area contributed by atoms with Crippen molar-refractivity contribution in [3.05, 3.63) is 95.6 Å². The lowest BCUT2D eigenvalue weighted by atomic mass is 10.0. The lowest BCUT2D eigenvalue weighted by molar-refractivity contribution is -0.137. The topological polar surface area (TPSA) is 89.8 Å². The molecule has 0 aliphatic heterocycles. The second-order valence-electron chi connectivity index (χ2n) is 8.82. The quantitative estimate of drug-likeness (QED) is 0.211. The van der Waals surface area contributed by atoms with E-state index in [0.29, 0.717) is 40.6 Å². The lowest BCUT2D eigenvalue weighted by Crippen LogP contribution is -2.37. The van der Waals surface area contributed by atoms with Crippen molar-refractivity contribution in [1.82, 2.24) is 20.6 Å². The molecule has 0 saturated carbocycles. The van der Waals surface area contributed by atoms with Gasteiger partial charge in [-0.25, -0.2) is 4.39 Å². The molecule has 2 heterocycles. The average molecular weight is 523 g/mol. The molecule has 0 bridgehead atoms. The molecule has 0 aliphatic rings. The van der Waals surface area contributed by atoms with Gasteiger partial charge in [0.2, 0.25) is 5.91 Å². The van der Waals surface area contributed by atoms with Crippen molar-refractivity contribution in [1.29, 1.82) is 0 Å². The smallest absolute Gasteiger partial charge is 0.361 e. The van der Waals surface area contributed by atoms with Crippen molar-refractivity contribution in [3.8, 4) is 11.1 Å². The summed E-state index contributed by atoms with van der Waals surface area (Å²) in [5, 5.41) is 6.73. The molecule has 0 aliphatic carbocycles. The van der Waals surface area contributed by atoms with E-state index in [4.69, 9.17) is 0 Å². The highest BCUT2D eigenvalue weighted by molar-refractivity contribution is 6.03. The zero-order valence-electron chi connectivity index (χ0n) is 19.9. The highest BCUT2D eigenvalue weighted by Gasteiger charge is 2.30. The zero-order valence-corrected chi connectivity index (χ0v) is 19.9. The van der Waals surface area contributed by atoms with Gasteiger partial charge >= 0.3 is 6.18 Å². The van der Waals surface area contributed by atoms with Crippen LogP contribution in [0.5, 0.6) is 0 Å². The Hall–Kier alpha value is -4.60. The molecule has 2 amide bonds. The number of aromatic amines is 2. The maximum atomic E-state index is 13.5. The van der Waals surface area contributed by atoms with Crippen molar-refractivity contribution in [2.24, 2.45) is 0 Å². The van der Waals surface area contributed by atoms with E-state index in [1.165, 1.54) is 24.3 Å². The van der Waals surface area contributed by atoms with Crippen molar-refractivity contribution in [3.63, 3.8) is 0 Å². The second kappa shape index (κ2) is 10.0. The summed E-state index contributed by atoms with van der Waals surface area (Å²) in [5.41, 5.74) is 3.17. The highest BCUT2D eigenvalue weighted by atomic mass is 19.4. The van der Waals surface area contributed by atoms with Gasteiger partial charge < -0.3 is 20.6 Å². The largest absolute Gasteiger partial charge is 0.416 e. The molecule has 10 heteroatoms. The third kappa shape index (κ3) is 5.24. The van der Waals surface area contributed by atoms with Gasteiger partial charge in [-0.1, -0.05) is 12.1 Å². The molecule has 0 atom stereocenters. The molecule has 38 heavy (non-hydrogen) atoms. The molecule has 5 rings (SSSR count). The predicted octanol–water partition coefficient (Wildman–Crippen LogP) is 5.56. The van der Waals surface area contributed by atoms with E-state index in [1.54, 1.807) is 36.7 Å². The van der Waals surface area contributed by atoms with E-state index in [0.717, 1.165) is 28.6 Å². The Bertz CT molecular complexity index is 1630. The summed E-state index contributed by atoms with van der Waals surface area (Å²) >= 11 is 0. The van der Waals surface area contributed by atoms with Crippen LogP contribution in [-0.4, -0.2) is 34.9 Å². The van der Waals surface area contributed by atoms with Crippen molar-refractivity contribution in [2.75, 3.05) is 13.1 Å². The van der Waals surface area contributed by atoms with Gasteiger partial charge in [-0.2, -0.15) is 13.2 Å². The van der Waals surface area contributed by atoms with Gasteiger partial charge in [-0.05, 0) is 66.1 Å². The Morgan fingerprint density at radius 2 is 1.53 bits per heavy atom. The molecule has 5 aromatic rings. The van der Waals surface area contributed by atoms with Crippen molar-refractivity contribution < 1.29 is 27.2 Å². The molecule has 0 saturated heterocycles. The number of rotatable bonds is 7. The van der Waals surface area contributed by atoms with Crippen LogP contribution in [0.15, 0.2) is 73.1 Å². The van der Waals surface area contributed by atoms with E-state index < -0.39 is 17.6 Å². The van der Waals surface area contributed by atoms with E-state index in [2.05, 4.69) is 20.6 Å². The third-order valence-electron chi connectivity index (χ3n) is 6.32. The summed E-state index contributed by atoms with van der Waals surface area (Å²) in [4.78, 5) is 31.1. The van der Waals surface area contributed by atoms with Crippen LogP contribution in [0, 0.1) is 5.82 Å². The molecule has 0 unspecified atom stereocenters. The van der Waals surface area contributed by atoms with Crippen molar-refractivity contribution >= 4 is 33.6 Å². The van der Waals surface area contributed by atoms with Gasteiger partial charge in [0.1, 0.15) is 5.82 Å².